The number of alkyl halides is 3. The summed E-state index contributed by atoms with van der Waals surface area (Å²) in [7, 11) is 0. The number of benzene rings is 1. The molecule has 0 bridgehead atoms. The highest BCUT2D eigenvalue weighted by Crippen LogP contribution is 2.37. The molecule has 0 saturated carbocycles. The maximum atomic E-state index is 12.9. The number of anilines is 2. The maximum absolute atomic E-state index is 12.9. The van der Waals surface area contributed by atoms with Gasteiger partial charge < -0.3 is 5.32 Å². The average Bonchev–Trinajstić information content (AvgIpc) is 2.81. The van der Waals surface area contributed by atoms with Crippen molar-refractivity contribution in [3.63, 3.8) is 0 Å². The van der Waals surface area contributed by atoms with E-state index in [1.807, 2.05) is 4.90 Å². The second-order valence-corrected chi connectivity index (χ2v) is 6.45. The van der Waals surface area contributed by atoms with E-state index in [1.165, 1.54) is 11.0 Å². The summed E-state index contributed by atoms with van der Waals surface area (Å²) < 4.78 is 38.6. The molecule has 3 rings (SSSR count). The van der Waals surface area contributed by atoms with Crippen LogP contribution in [0.15, 0.2) is 18.2 Å². The number of carbonyl (C=O) groups excluding carboxylic acids is 2. The van der Waals surface area contributed by atoms with Gasteiger partial charge in [0.2, 0.25) is 11.8 Å². The average molecular weight is 355 g/mol. The van der Waals surface area contributed by atoms with E-state index in [9.17, 15) is 22.8 Å². The van der Waals surface area contributed by atoms with Crippen LogP contribution in [0.25, 0.3) is 0 Å². The molecule has 0 atom stereocenters. The van der Waals surface area contributed by atoms with Gasteiger partial charge in [-0.15, -0.1) is 0 Å². The molecule has 25 heavy (non-hydrogen) atoms. The summed E-state index contributed by atoms with van der Waals surface area (Å²) >= 11 is 0. The highest BCUT2D eigenvalue weighted by Gasteiger charge is 2.34. The van der Waals surface area contributed by atoms with Crippen LogP contribution in [0.1, 0.15) is 31.2 Å². The molecule has 5 nitrogen and oxygen atoms in total. The summed E-state index contributed by atoms with van der Waals surface area (Å²) in [4.78, 5) is 27.8. The van der Waals surface area contributed by atoms with Gasteiger partial charge in [0.25, 0.3) is 0 Å². The Bertz CT molecular complexity index is 668. The van der Waals surface area contributed by atoms with Crippen molar-refractivity contribution in [1.29, 1.82) is 0 Å². The number of nitrogens with one attached hydrogen (secondary N) is 1. The fourth-order valence-electron chi connectivity index (χ4n) is 3.26. The normalized spacial score (nSPS) is 19.2. The summed E-state index contributed by atoms with van der Waals surface area (Å²) in [6.45, 7) is 1.65. The van der Waals surface area contributed by atoms with Crippen LogP contribution in [-0.4, -0.2) is 42.9 Å². The Labute approximate surface area is 143 Å². The lowest BCUT2D eigenvalue weighted by atomic mass is 10.1. The standard InChI is InChI=1S/C17H20F3N3O2/c18-17(19,20)12-5-6-14-13(9-12)21-15(24)10-23(14)16(25)11-22-7-3-1-2-4-8-22/h5-6,9H,1-4,7-8,10-11H2,(H,21,24). The number of nitrogens with zero attached hydrogens (tertiary/aromatic N) is 2. The Morgan fingerprint density at radius 1 is 1.12 bits per heavy atom. The van der Waals surface area contributed by atoms with Crippen LogP contribution >= 0.6 is 0 Å². The van der Waals surface area contributed by atoms with Crippen molar-refractivity contribution in [3.05, 3.63) is 23.8 Å². The highest BCUT2D eigenvalue weighted by molar-refractivity contribution is 6.10. The molecule has 136 valence electrons. The predicted octanol–water partition coefficient (Wildman–Crippen LogP) is 2.87. The van der Waals surface area contributed by atoms with E-state index in [4.69, 9.17) is 0 Å². The minimum Gasteiger partial charge on any atom is -0.323 e. The molecule has 8 heteroatoms. The summed E-state index contributed by atoms with van der Waals surface area (Å²) in [5, 5.41) is 2.42. The molecule has 0 radical (unpaired) electrons. The molecule has 1 aromatic rings. The van der Waals surface area contributed by atoms with Gasteiger partial charge in [0, 0.05) is 0 Å². The molecule has 2 heterocycles. The van der Waals surface area contributed by atoms with Gasteiger partial charge in [0.15, 0.2) is 0 Å². The van der Waals surface area contributed by atoms with Crippen molar-refractivity contribution in [3.8, 4) is 0 Å². The Kier molecular flexibility index (Phi) is 4.99. The molecule has 1 N–H and O–H groups in total. The van der Waals surface area contributed by atoms with Crippen molar-refractivity contribution in [2.75, 3.05) is 36.4 Å². The van der Waals surface area contributed by atoms with Gasteiger partial charge in [-0.25, -0.2) is 0 Å². The first-order valence-electron chi connectivity index (χ1n) is 8.38. The number of hydrogen-bond acceptors (Lipinski definition) is 3. The summed E-state index contributed by atoms with van der Waals surface area (Å²) in [6, 6.07) is 3.05. The number of rotatable bonds is 2. The summed E-state index contributed by atoms with van der Waals surface area (Å²) in [5.74, 6) is -0.756. The zero-order valence-electron chi connectivity index (χ0n) is 13.7. The third-order valence-electron chi connectivity index (χ3n) is 4.55. The molecule has 0 aliphatic carbocycles. The molecule has 1 fully saturated rings. The molecular formula is C17H20F3N3O2. The van der Waals surface area contributed by atoms with Crippen LogP contribution in [0, 0.1) is 0 Å². The summed E-state index contributed by atoms with van der Waals surface area (Å²) in [5.41, 5.74) is -0.518. The van der Waals surface area contributed by atoms with Gasteiger partial charge >= 0.3 is 6.18 Å². The second-order valence-electron chi connectivity index (χ2n) is 6.45. The number of fused-ring (bicyclic) bond motifs is 1. The molecule has 1 aromatic carbocycles. The van der Waals surface area contributed by atoms with Crippen molar-refractivity contribution >= 4 is 23.2 Å². The first-order chi connectivity index (χ1) is 11.8. The van der Waals surface area contributed by atoms with Crippen LogP contribution in [0.5, 0.6) is 0 Å². The molecule has 2 aliphatic heterocycles. The third kappa shape index (κ3) is 4.12. The lowest BCUT2D eigenvalue weighted by molar-refractivity contribution is -0.137. The Morgan fingerprint density at radius 2 is 1.80 bits per heavy atom. The van der Waals surface area contributed by atoms with Crippen molar-refractivity contribution < 1.29 is 22.8 Å². The van der Waals surface area contributed by atoms with Crippen LogP contribution in [-0.2, 0) is 15.8 Å². The molecule has 0 spiro atoms. The van der Waals surface area contributed by atoms with Gasteiger partial charge in [-0.05, 0) is 44.1 Å². The van der Waals surface area contributed by atoms with Gasteiger partial charge in [-0.1, -0.05) is 12.8 Å². The lowest BCUT2D eigenvalue weighted by Crippen LogP contribution is -2.46. The van der Waals surface area contributed by atoms with E-state index in [0.29, 0.717) is 5.69 Å². The van der Waals surface area contributed by atoms with E-state index < -0.39 is 17.6 Å². The minimum absolute atomic E-state index is 0.0234. The predicted molar refractivity (Wildman–Crippen MR) is 87.3 cm³/mol. The quantitative estimate of drug-likeness (QED) is 0.888. The van der Waals surface area contributed by atoms with Crippen molar-refractivity contribution in [2.24, 2.45) is 0 Å². The Hall–Kier alpha value is -2.09. The van der Waals surface area contributed by atoms with Crippen LogP contribution in [0.2, 0.25) is 0 Å². The number of carbonyl (C=O) groups is 2. The minimum atomic E-state index is -4.50. The van der Waals surface area contributed by atoms with Gasteiger partial charge in [-0.2, -0.15) is 13.2 Å². The lowest BCUT2D eigenvalue weighted by Gasteiger charge is -2.31. The molecule has 2 amide bonds. The zero-order valence-corrected chi connectivity index (χ0v) is 13.7. The molecule has 0 unspecified atom stereocenters. The number of likely N-dealkylation sites (tertiary alicyclic amines) is 1. The van der Waals surface area contributed by atoms with E-state index in [0.717, 1.165) is 50.9 Å². The molecule has 0 aromatic heterocycles. The first kappa shape index (κ1) is 17.7. The fraction of sp³-hybridized carbons (Fsp3) is 0.529. The van der Waals surface area contributed by atoms with Crippen molar-refractivity contribution in [1.82, 2.24) is 4.90 Å². The van der Waals surface area contributed by atoms with Gasteiger partial charge in [-0.3, -0.25) is 19.4 Å². The highest BCUT2D eigenvalue weighted by atomic mass is 19.4. The van der Waals surface area contributed by atoms with E-state index in [2.05, 4.69) is 5.32 Å². The SMILES string of the molecule is O=C1CN(C(=O)CN2CCCCCC2)c2ccc(C(F)(F)F)cc2N1. The van der Waals surface area contributed by atoms with Crippen LogP contribution in [0.4, 0.5) is 24.5 Å². The Balaban J connectivity index is 1.80. The topological polar surface area (TPSA) is 52.7 Å². The zero-order chi connectivity index (χ0) is 18.0. The number of halogens is 3. The fourth-order valence-corrected chi connectivity index (χ4v) is 3.26. The van der Waals surface area contributed by atoms with E-state index in [1.54, 1.807) is 0 Å². The van der Waals surface area contributed by atoms with Crippen LogP contribution in [0.3, 0.4) is 0 Å². The number of hydrogen-bond donors (Lipinski definition) is 1. The third-order valence-corrected chi connectivity index (χ3v) is 4.55. The maximum Gasteiger partial charge on any atom is 0.416 e. The van der Waals surface area contributed by atoms with Crippen LogP contribution < -0.4 is 10.2 Å². The molecule has 1 saturated heterocycles. The summed E-state index contributed by atoms with van der Waals surface area (Å²) in [6.07, 6.45) is -0.170. The van der Waals surface area contributed by atoms with Crippen molar-refractivity contribution in [2.45, 2.75) is 31.9 Å². The smallest absolute Gasteiger partial charge is 0.323 e. The number of amides is 2. The Morgan fingerprint density at radius 3 is 2.44 bits per heavy atom. The second kappa shape index (κ2) is 7.03. The van der Waals surface area contributed by atoms with Gasteiger partial charge in [0.1, 0.15) is 6.54 Å². The molecular weight excluding hydrogens is 335 g/mol. The van der Waals surface area contributed by atoms with E-state index in [-0.39, 0.29) is 24.7 Å². The largest absolute Gasteiger partial charge is 0.416 e. The monoisotopic (exact) mass is 355 g/mol. The molecule has 2 aliphatic rings. The first-order valence-corrected chi connectivity index (χ1v) is 8.38. The van der Waals surface area contributed by atoms with Gasteiger partial charge in [0.05, 0.1) is 23.5 Å². The van der Waals surface area contributed by atoms with E-state index >= 15 is 0 Å².